The van der Waals surface area contributed by atoms with Crippen LogP contribution in [0.3, 0.4) is 0 Å². The van der Waals surface area contributed by atoms with Crippen LogP contribution in [0.15, 0.2) is 18.2 Å². The number of urea groups is 1. The largest absolute Gasteiger partial charge is 0.328 e. The Bertz CT molecular complexity index is 366. The number of benzene rings is 1. The molecule has 1 aromatic carbocycles. The summed E-state index contributed by atoms with van der Waals surface area (Å²) in [7, 11) is 1.75. The first-order chi connectivity index (χ1) is 7.04. The normalized spacial score (nSPS) is 9.87. The predicted molar refractivity (Wildman–Crippen MR) is 63.5 cm³/mol. The van der Waals surface area contributed by atoms with Gasteiger partial charge in [0, 0.05) is 24.3 Å². The summed E-state index contributed by atoms with van der Waals surface area (Å²) < 4.78 is 0. The third-order valence-corrected chi connectivity index (χ3v) is 2.49. The maximum atomic E-state index is 11.6. The molecule has 0 saturated heterocycles. The zero-order valence-electron chi connectivity index (χ0n) is 9.17. The lowest BCUT2D eigenvalue weighted by atomic mass is 10.2. The number of nitrogens with one attached hydrogen (secondary N) is 1. The van der Waals surface area contributed by atoms with Gasteiger partial charge >= 0.3 is 6.03 Å². The number of rotatable bonds is 2. The van der Waals surface area contributed by atoms with Gasteiger partial charge in [-0.15, -0.1) is 0 Å². The van der Waals surface area contributed by atoms with Gasteiger partial charge in [0.05, 0.1) is 0 Å². The summed E-state index contributed by atoms with van der Waals surface area (Å²) in [6.07, 6.45) is 0. The van der Waals surface area contributed by atoms with Gasteiger partial charge in [-0.05, 0) is 37.6 Å². The molecule has 2 amide bonds. The number of hydrogen-bond acceptors (Lipinski definition) is 1. The summed E-state index contributed by atoms with van der Waals surface area (Å²) in [5.41, 5.74) is 1.75. The minimum absolute atomic E-state index is 0.108. The lowest BCUT2D eigenvalue weighted by Crippen LogP contribution is -2.31. The van der Waals surface area contributed by atoms with Gasteiger partial charge in [0.25, 0.3) is 0 Å². The molecule has 0 aliphatic carbocycles. The van der Waals surface area contributed by atoms with E-state index in [1.54, 1.807) is 24.1 Å². The monoisotopic (exact) mass is 226 g/mol. The molecule has 1 N–H and O–H groups in total. The molecule has 0 spiro atoms. The van der Waals surface area contributed by atoms with Crippen LogP contribution in [0.2, 0.25) is 5.02 Å². The Labute approximate surface area is 95.0 Å². The molecule has 0 atom stereocenters. The highest BCUT2D eigenvalue weighted by atomic mass is 35.5. The quantitative estimate of drug-likeness (QED) is 0.826. The van der Waals surface area contributed by atoms with Crippen molar-refractivity contribution in [3.05, 3.63) is 28.8 Å². The van der Waals surface area contributed by atoms with Gasteiger partial charge in [-0.3, -0.25) is 0 Å². The highest BCUT2D eigenvalue weighted by molar-refractivity contribution is 6.30. The van der Waals surface area contributed by atoms with Gasteiger partial charge in [-0.2, -0.15) is 0 Å². The Morgan fingerprint density at radius 1 is 1.53 bits per heavy atom. The fraction of sp³-hybridized carbons (Fsp3) is 0.364. The molecule has 82 valence electrons. The maximum absolute atomic E-state index is 11.6. The van der Waals surface area contributed by atoms with Crippen LogP contribution < -0.4 is 5.32 Å². The van der Waals surface area contributed by atoms with E-state index in [2.05, 4.69) is 5.32 Å². The van der Waals surface area contributed by atoms with Crippen molar-refractivity contribution in [1.82, 2.24) is 4.90 Å². The molecule has 4 heteroatoms. The fourth-order valence-corrected chi connectivity index (χ4v) is 1.35. The fourth-order valence-electron chi connectivity index (χ4n) is 1.12. The first-order valence-corrected chi connectivity index (χ1v) is 5.20. The number of amides is 2. The Hall–Kier alpha value is -1.22. The number of nitrogens with zero attached hydrogens (tertiary/aromatic N) is 1. The van der Waals surface area contributed by atoms with Crippen LogP contribution in [-0.4, -0.2) is 24.5 Å². The maximum Gasteiger partial charge on any atom is 0.321 e. The van der Waals surface area contributed by atoms with Gasteiger partial charge in [-0.1, -0.05) is 11.6 Å². The number of halogens is 1. The third kappa shape index (κ3) is 3.13. The zero-order valence-corrected chi connectivity index (χ0v) is 9.93. The number of carbonyl (C=O) groups excluding carboxylic acids is 1. The second-order valence-corrected chi connectivity index (χ2v) is 3.84. The van der Waals surface area contributed by atoms with E-state index >= 15 is 0 Å². The average Bonchev–Trinajstić information content (AvgIpc) is 2.20. The lowest BCUT2D eigenvalue weighted by Gasteiger charge is -2.16. The topological polar surface area (TPSA) is 32.3 Å². The van der Waals surface area contributed by atoms with Crippen molar-refractivity contribution in [3.8, 4) is 0 Å². The molecule has 1 rings (SSSR count). The van der Waals surface area contributed by atoms with Gasteiger partial charge in [-0.25, -0.2) is 4.79 Å². The molecule has 0 aliphatic rings. The van der Waals surface area contributed by atoms with Crippen molar-refractivity contribution in [2.75, 3.05) is 18.9 Å². The summed E-state index contributed by atoms with van der Waals surface area (Å²) in [4.78, 5) is 13.2. The molecule has 1 aromatic rings. The molecule has 15 heavy (non-hydrogen) atoms. The van der Waals surface area contributed by atoms with E-state index in [1.807, 2.05) is 19.9 Å². The van der Waals surface area contributed by atoms with E-state index < -0.39 is 0 Å². The second kappa shape index (κ2) is 5.03. The first-order valence-electron chi connectivity index (χ1n) is 4.83. The molecule has 0 unspecified atom stereocenters. The molecule has 0 bridgehead atoms. The number of carbonyl (C=O) groups is 1. The van der Waals surface area contributed by atoms with Crippen molar-refractivity contribution in [2.24, 2.45) is 0 Å². The summed E-state index contributed by atoms with van der Waals surface area (Å²) in [5.74, 6) is 0. The lowest BCUT2D eigenvalue weighted by molar-refractivity contribution is 0.224. The second-order valence-electron chi connectivity index (χ2n) is 3.40. The van der Waals surface area contributed by atoms with E-state index in [0.29, 0.717) is 11.6 Å². The van der Waals surface area contributed by atoms with E-state index in [0.717, 1.165) is 11.3 Å². The van der Waals surface area contributed by atoms with Crippen LogP contribution in [0.4, 0.5) is 10.5 Å². The standard InChI is InChI=1S/C11H15ClN2O/c1-4-14(3)11(15)13-10-6-5-9(12)7-8(10)2/h5-7H,4H2,1-3H3,(H,13,15). The Kier molecular flexibility index (Phi) is 3.97. The number of hydrogen-bond donors (Lipinski definition) is 1. The molecule has 0 heterocycles. The molecule has 0 radical (unpaired) electrons. The SMILES string of the molecule is CCN(C)C(=O)Nc1ccc(Cl)cc1C. The molecule has 0 aliphatic heterocycles. The summed E-state index contributed by atoms with van der Waals surface area (Å²) in [5, 5.41) is 3.49. The molecule has 0 saturated carbocycles. The smallest absolute Gasteiger partial charge is 0.321 e. The number of anilines is 1. The molecular formula is C11H15ClN2O. The van der Waals surface area contributed by atoms with Crippen LogP contribution in [0.1, 0.15) is 12.5 Å². The van der Waals surface area contributed by atoms with E-state index in [9.17, 15) is 4.79 Å². The van der Waals surface area contributed by atoms with Crippen LogP contribution in [0, 0.1) is 6.92 Å². The number of aryl methyl sites for hydroxylation is 1. The van der Waals surface area contributed by atoms with Crippen LogP contribution in [0.5, 0.6) is 0 Å². The van der Waals surface area contributed by atoms with Gasteiger partial charge in [0.2, 0.25) is 0 Å². The Balaban J connectivity index is 2.77. The minimum atomic E-state index is -0.108. The van der Waals surface area contributed by atoms with Crippen molar-refractivity contribution in [2.45, 2.75) is 13.8 Å². The Morgan fingerprint density at radius 2 is 2.20 bits per heavy atom. The first kappa shape index (κ1) is 11.9. The van der Waals surface area contributed by atoms with Crippen molar-refractivity contribution in [1.29, 1.82) is 0 Å². The summed E-state index contributed by atoms with van der Waals surface area (Å²) >= 11 is 5.82. The van der Waals surface area contributed by atoms with E-state index in [-0.39, 0.29) is 6.03 Å². The van der Waals surface area contributed by atoms with E-state index in [1.165, 1.54) is 0 Å². The Morgan fingerprint density at radius 3 is 2.73 bits per heavy atom. The predicted octanol–water partition coefficient (Wildman–Crippen LogP) is 3.13. The zero-order chi connectivity index (χ0) is 11.4. The van der Waals surface area contributed by atoms with Crippen molar-refractivity contribution in [3.63, 3.8) is 0 Å². The summed E-state index contributed by atoms with van der Waals surface area (Å²) in [6.45, 7) is 4.51. The van der Waals surface area contributed by atoms with Gasteiger partial charge in [0.1, 0.15) is 0 Å². The molecule has 0 fully saturated rings. The third-order valence-electron chi connectivity index (χ3n) is 2.25. The highest BCUT2D eigenvalue weighted by Gasteiger charge is 2.07. The van der Waals surface area contributed by atoms with Crippen LogP contribution in [-0.2, 0) is 0 Å². The minimum Gasteiger partial charge on any atom is -0.328 e. The van der Waals surface area contributed by atoms with Crippen molar-refractivity contribution >= 4 is 23.3 Å². The van der Waals surface area contributed by atoms with Crippen molar-refractivity contribution < 1.29 is 4.79 Å². The van der Waals surface area contributed by atoms with Crippen LogP contribution in [0.25, 0.3) is 0 Å². The molecule has 3 nitrogen and oxygen atoms in total. The summed E-state index contributed by atoms with van der Waals surface area (Å²) in [6, 6.07) is 5.28. The molecular weight excluding hydrogens is 212 g/mol. The van der Waals surface area contributed by atoms with Crippen LogP contribution >= 0.6 is 11.6 Å². The van der Waals surface area contributed by atoms with E-state index in [4.69, 9.17) is 11.6 Å². The highest BCUT2D eigenvalue weighted by Crippen LogP contribution is 2.19. The average molecular weight is 227 g/mol. The van der Waals surface area contributed by atoms with Gasteiger partial charge in [0.15, 0.2) is 0 Å². The molecule has 0 aromatic heterocycles. The van der Waals surface area contributed by atoms with Gasteiger partial charge < -0.3 is 10.2 Å².